The van der Waals surface area contributed by atoms with Crippen molar-refractivity contribution in [1.82, 2.24) is 15.1 Å². The lowest BCUT2D eigenvalue weighted by atomic mass is 9.83. The zero-order valence-electron chi connectivity index (χ0n) is 12.5. The van der Waals surface area contributed by atoms with Gasteiger partial charge in [-0.25, -0.2) is 0 Å². The molecule has 4 nitrogen and oxygen atoms in total. The van der Waals surface area contributed by atoms with Crippen molar-refractivity contribution in [2.75, 3.05) is 46.4 Å². The summed E-state index contributed by atoms with van der Waals surface area (Å²) in [5.41, 5.74) is 0. The Labute approximate surface area is 117 Å². The average Bonchev–Trinajstić information content (AvgIpc) is 2.47. The Bertz CT molecular complexity index is 293. The van der Waals surface area contributed by atoms with Crippen molar-refractivity contribution in [3.8, 4) is 0 Å². The van der Waals surface area contributed by atoms with E-state index in [-0.39, 0.29) is 0 Å². The van der Waals surface area contributed by atoms with Crippen LogP contribution in [0.3, 0.4) is 0 Å². The SMILES string of the molecule is CC(C1CNCCO1)N1CCC2C(CCCN2C)C1. The molecule has 3 heterocycles. The van der Waals surface area contributed by atoms with Gasteiger partial charge < -0.3 is 15.0 Å². The molecule has 1 N–H and O–H groups in total. The van der Waals surface area contributed by atoms with Crippen LogP contribution < -0.4 is 5.32 Å². The summed E-state index contributed by atoms with van der Waals surface area (Å²) in [5, 5.41) is 3.46. The van der Waals surface area contributed by atoms with Gasteiger partial charge in [-0.2, -0.15) is 0 Å². The molecule has 0 amide bonds. The van der Waals surface area contributed by atoms with Crippen molar-refractivity contribution in [2.24, 2.45) is 5.92 Å². The van der Waals surface area contributed by atoms with E-state index in [0.717, 1.165) is 31.7 Å². The minimum atomic E-state index is 0.381. The molecular weight excluding hydrogens is 238 g/mol. The molecule has 0 bridgehead atoms. The normalized spacial score (nSPS) is 39.8. The fourth-order valence-electron chi connectivity index (χ4n) is 4.18. The topological polar surface area (TPSA) is 27.7 Å². The molecule has 3 aliphatic rings. The number of likely N-dealkylation sites (tertiary alicyclic amines) is 2. The highest BCUT2D eigenvalue weighted by molar-refractivity contribution is 4.92. The summed E-state index contributed by atoms with van der Waals surface area (Å²) >= 11 is 0. The molecule has 3 saturated heterocycles. The van der Waals surface area contributed by atoms with E-state index in [1.165, 1.54) is 38.9 Å². The number of hydrogen-bond donors (Lipinski definition) is 1. The quantitative estimate of drug-likeness (QED) is 0.800. The van der Waals surface area contributed by atoms with Crippen LogP contribution in [0.25, 0.3) is 0 Å². The first kappa shape index (κ1) is 13.8. The third-order valence-electron chi connectivity index (χ3n) is 5.45. The minimum absolute atomic E-state index is 0.381. The van der Waals surface area contributed by atoms with Crippen LogP contribution in [-0.4, -0.2) is 74.4 Å². The van der Waals surface area contributed by atoms with Gasteiger partial charge in [-0.05, 0) is 45.7 Å². The lowest BCUT2D eigenvalue weighted by Gasteiger charge is -2.48. The van der Waals surface area contributed by atoms with Gasteiger partial charge in [-0.3, -0.25) is 4.90 Å². The van der Waals surface area contributed by atoms with Gasteiger partial charge in [0.25, 0.3) is 0 Å². The van der Waals surface area contributed by atoms with E-state index in [1.54, 1.807) is 0 Å². The number of fused-ring (bicyclic) bond motifs is 1. The predicted octanol–water partition coefficient (Wildman–Crippen LogP) is 0.779. The molecule has 0 aliphatic carbocycles. The highest BCUT2D eigenvalue weighted by Gasteiger charge is 2.37. The van der Waals surface area contributed by atoms with Gasteiger partial charge in [-0.15, -0.1) is 0 Å². The zero-order valence-corrected chi connectivity index (χ0v) is 12.5. The van der Waals surface area contributed by atoms with Gasteiger partial charge in [-0.1, -0.05) is 0 Å². The third kappa shape index (κ3) is 2.97. The molecule has 4 unspecified atom stereocenters. The Morgan fingerprint density at radius 2 is 2.16 bits per heavy atom. The molecule has 3 rings (SSSR count). The maximum Gasteiger partial charge on any atom is 0.0852 e. The van der Waals surface area contributed by atoms with E-state index in [9.17, 15) is 0 Å². The van der Waals surface area contributed by atoms with Gasteiger partial charge in [0, 0.05) is 38.3 Å². The molecule has 0 spiro atoms. The van der Waals surface area contributed by atoms with Crippen molar-refractivity contribution in [3.05, 3.63) is 0 Å². The van der Waals surface area contributed by atoms with Crippen LogP contribution in [-0.2, 0) is 4.74 Å². The molecule has 3 aliphatic heterocycles. The first-order valence-electron chi connectivity index (χ1n) is 8.02. The second-order valence-electron chi connectivity index (χ2n) is 6.59. The van der Waals surface area contributed by atoms with Gasteiger partial charge >= 0.3 is 0 Å². The largest absolute Gasteiger partial charge is 0.374 e. The van der Waals surface area contributed by atoms with Crippen molar-refractivity contribution in [1.29, 1.82) is 0 Å². The smallest absolute Gasteiger partial charge is 0.0852 e. The van der Waals surface area contributed by atoms with Crippen LogP contribution in [0.15, 0.2) is 0 Å². The number of ether oxygens (including phenoxy) is 1. The molecular formula is C15H29N3O. The summed E-state index contributed by atoms with van der Waals surface area (Å²) < 4.78 is 5.94. The highest BCUT2D eigenvalue weighted by atomic mass is 16.5. The fraction of sp³-hybridized carbons (Fsp3) is 1.00. The van der Waals surface area contributed by atoms with Crippen molar-refractivity contribution >= 4 is 0 Å². The highest BCUT2D eigenvalue weighted by Crippen LogP contribution is 2.31. The molecule has 0 aromatic rings. The molecule has 4 atom stereocenters. The lowest BCUT2D eigenvalue weighted by Crippen LogP contribution is -2.58. The summed E-state index contributed by atoms with van der Waals surface area (Å²) in [6, 6.07) is 1.39. The molecule has 110 valence electrons. The molecule has 0 saturated carbocycles. The van der Waals surface area contributed by atoms with E-state index in [2.05, 4.69) is 29.1 Å². The Kier molecular flexibility index (Phi) is 4.42. The molecule has 19 heavy (non-hydrogen) atoms. The number of morpholine rings is 1. The van der Waals surface area contributed by atoms with Crippen LogP contribution in [0.1, 0.15) is 26.2 Å². The number of nitrogens with one attached hydrogen (secondary N) is 1. The van der Waals surface area contributed by atoms with E-state index < -0.39 is 0 Å². The van der Waals surface area contributed by atoms with Crippen LogP contribution in [0.5, 0.6) is 0 Å². The molecule has 0 aromatic carbocycles. The fourth-order valence-corrected chi connectivity index (χ4v) is 4.18. The van der Waals surface area contributed by atoms with Gasteiger partial charge in [0.05, 0.1) is 12.7 Å². The maximum absolute atomic E-state index is 5.94. The van der Waals surface area contributed by atoms with Crippen LogP contribution in [0, 0.1) is 5.92 Å². The minimum Gasteiger partial charge on any atom is -0.374 e. The van der Waals surface area contributed by atoms with Crippen LogP contribution >= 0.6 is 0 Å². The summed E-state index contributed by atoms with van der Waals surface area (Å²) in [6.07, 6.45) is 4.52. The molecule has 3 fully saturated rings. The Morgan fingerprint density at radius 1 is 1.26 bits per heavy atom. The molecule has 4 heteroatoms. The standard InChI is InChI=1S/C15H29N3O/c1-12(15-10-16-6-9-19-15)18-8-5-14-13(11-18)4-3-7-17(14)2/h12-16H,3-11H2,1-2H3. The van der Waals surface area contributed by atoms with E-state index in [4.69, 9.17) is 4.74 Å². The third-order valence-corrected chi connectivity index (χ3v) is 5.45. The second-order valence-corrected chi connectivity index (χ2v) is 6.59. The summed E-state index contributed by atoms with van der Waals surface area (Å²) in [7, 11) is 2.31. The average molecular weight is 267 g/mol. The number of nitrogens with zero attached hydrogens (tertiary/aromatic N) is 2. The second kappa shape index (κ2) is 6.08. The first-order chi connectivity index (χ1) is 9.25. The van der Waals surface area contributed by atoms with Gasteiger partial charge in [0.1, 0.15) is 0 Å². The van der Waals surface area contributed by atoms with Crippen LogP contribution in [0.2, 0.25) is 0 Å². The monoisotopic (exact) mass is 267 g/mol. The molecule has 0 aromatic heterocycles. The number of rotatable bonds is 2. The summed E-state index contributed by atoms with van der Waals surface area (Å²) in [5.74, 6) is 0.881. The predicted molar refractivity (Wildman–Crippen MR) is 77.4 cm³/mol. The van der Waals surface area contributed by atoms with Gasteiger partial charge in [0.15, 0.2) is 0 Å². The Hall–Kier alpha value is -0.160. The number of piperidine rings is 2. The Balaban J connectivity index is 1.57. The van der Waals surface area contributed by atoms with Crippen molar-refractivity contribution in [3.63, 3.8) is 0 Å². The van der Waals surface area contributed by atoms with Crippen molar-refractivity contribution in [2.45, 2.75) is 44.4 Å². The molecule has 0 radical (unpaired) electrons. The Morgan fingerprint density at radius 3 is 2.95 bits per heavy atom. The summed E-state index contributed by atoms with van der Waals surface area (Å²) in [6.45, 7) is 9.07. The van der Waals surface area contributed by atoms with Crippen molar-refractivity contribution < 1.29 is 4.74 Å². The summed E-state index contributed by atoms with van der Waals surface area (Å²) in [4.78, 5) is 5.27. The zero-order chi connectivity index (χ0) is 13.2. The van der Waals surface area contributed by atoms with Crippen LogP contribution in [0.4, 0.5) is 0 Å². The first-order valence-corrected chi connectivity index (χ1v) is 8.02. The van der Waals surface area contributed by atoms with Gasteiger partial charge in [0.2, 0.25) is 0 Å². The maximum atomic E-state index is 5.94. The van der Waals surface area contributed by atoms with E-state index in [0.29, 0.717) is 12.1 Å². The van der Waals surface area contributed by atoms with E-state index >= 15 is 0 Å². The number of hydrogen-bond acceptors (Lipinski definition) is 4. The lowest BCUT2D eigenvalue weighted by molar-refractivity contribution is -0.0513. The van der Waals surface area contributed by atoms with E-state index in [1.807, 2.05) is 0 Å².